The molecule has 14 nitrogen and oxygen atoms in total. The number of amides is 1. The highest BCUT2D eigenvalue weighted by Crippen LogP contribution is 2.48. The molecule has 7 aliphatic rings. The molecular formula is C46H68N2O12. The van der Waals surface area contributed by atoms with Gasteiger partial charge in [-0.15, -0.1) is 0 Å². The van der Waals surface area contributed by atoms with E-state index in [0.717, 1.165) is 24.8 Å². The van der Waals surface area contributed by atoms with E-state index in [2.05, 4.69) is 25.1 Å². The molecule has 0 aromatic heterocycles. The van der Waals surface area contributed by atoms with Crippen LogP contribution in [-0.2, 0) is 42.8 Å². The summed E-state index contributed by atoms with van der Waals surface area (Å²) < 4.78 is 45.5. The number of hydrogen-bond acceptors (Lipinski definition) is 13. The Morgan fingerprint density at radius 3 is 2.53 bits per heavy atom. The zero-order valence-corrected chi connectivity index (χ0v) is 36.7. The van der Waals surface area contributed by atoms with Gasteiger partial charge in [0, 0.05) is 52.8 Å². The highest BCUT2D eigenvalue weighted by molar-refractivity contribution is 6.07. The van der Waals surface area contributed by atoms with Gasteiger partial charge in [0.2, 0.25) is 0 Å². The molecule has 0 radical (unpaired) electrons. The van der Waals surface area contributed by atoms with Crippen molar-refractivity contribution < 1.29 is 57.8 Å². The fourth-order valence-electron chi connectivity index (χ4n) is 10.5. The Balaban J connectivity index is 1.26. The standard InChI is InChI=1S/C46H68N2O12/c1-26-13-12-16-32-25-54-42-38(47-60-44(51)48(6)7)29(4)21-35(46(32,42)52)43(50)56-34-22-33(18-17-27(2)40(26)57-37-23-36(53-8)39(49)30(5)55-37)58-45(24-34)20-19-28(3)41(59-45)31-14-10-9-11-15-31/h12-13,16-17,21,26,28,30-31,33-37,39-42,49,52H,9-11,14-15,18-20,22-25H2,1-8H3/b13-12+,27-17+,32-16+,47-38+. The van der Waals surface area contributed by atoms with Crippen LogP contribution >= 0.6 is 0 Å². The molecule has 2 N–H and O–H groups in total. The maximum atomic E-state index is 14.6. The summed E-state index contributed by atoms with van der Waals surface area (Å²) in [4.78, 5) is 33.5. The Morgan fingerprint density at radius 2 is 1.80 bits per heavy atom. The minimum absolute atomic E-state index is 0.00411. The second kappa shape index (κ2) is 18.8. The van der Waals surface area contributed by atoms with Crippen molar-refractivity contribution in [3.05, 3.63) is 47.1 Å². The first-order chi connectivity index (χ1) is 28.6. The number of carbonyl (C=O) groups is 2. The predicted molar refractivity (Wildman–Crippen MR) is 221 cm³/mol. The van der Waals surface area contributed by atoms with Crippen molar-refractivity contribution in [2.24, 2.45) is 28.8 Å². The normalized spacial score (nSPS) is 44.7. The van der Waals surface area contributed by atoms with Gasteiger partial charge < -0.3 is 48.3 Å². The zero-order valence-electron chi connectivity index (χ0n) is 36.7. The number of rotatable bonds is 5. The van der Waals surface area contributed by atoms with Gasteiger partial charge in [-0.25, -0.2) is 4.79 Å². The van der Waals surface area contributed by atoms with E-state index in [1.54, 1.807) is 40.3 Å². The number of aliphatic hydroxyl groups excluding tert-OH is 1. The number of oxime groups is 1. The van der Waals surface area contributed by atoms with Gasteiger partial charge in [-0.05, 0) is 75.0 Å². The fraction of sp³-hybridized carbons (Fsp3) is 0.761. The monoisotopic (exact) mass is 840 g/mol. The predicted octanol–water partition coefficient (Wildman–Crippen LogP) is 6.29. The third-order valence-electron chi connectivity index (χ3n) is 14.0. The van der Waals surface area contributed by atoms with Crippen LogP contribution in [0.3, 0.4) is 0 Å². The summed E-state index contributed by atoms with van der Waals surface area (Å²) in [6.45, 7) is 9.95. The van der Waals surface area contributed by atoms with Crippen LogP contribution in [0.25, 0.3) is 0 Å². The SMILES string of the molecule is COC1CC(OC2/C(C)=C/CC3CC(CC4(CCC(C)C(C5CCCCC5)O4)O3)OC(=O)C3C=C(C)/C(=N\OC(=O)N(C)C)C4OC/C(=C\C=C\C2C)C34O)OC(C)C1O. The number of esters is 1. The summed E-state index contributed by atoms with van der Waals surface area (Å²) in [7, 11) is 4.67. The molecule has 60 heavy (non-hydrogen) atoms. The van der Waals surface area contributed by atoms with E-state index in [0.29, 0.717) is 55.1 Å². The second-order valence-corrected chi connectivity index (χ2v) is 18.7. The smallest absolute Gasteiger partial charge is 0.435 e. The lowest BCUT2D eigenvalue weighted by Crippen LogP contribution is -2.58. The van der Waals surface area contributed by atoms with Gasteiger partial charge in [-0.3, -0.25) is 9.63 Å². The van der Waals surface area contributed by atoms with E-state index < -0.39 is 72.3 Å². The molecule has 0 aromatic rings. The zero-order chi connectivity index (χ0) is 42.9. The fourth-order valence-corrected chi connectivity index (χ4v) is 10.5. The van der Waals surface area contributed by atoms with Gasteiger partial charge in [0.25, 0.3) is 0 Å². The van der Waals surface area contributed by atoms with E-state index in [-0.39, 0.29) is 30.4 Å². The van der Waals surface area contributed by atoms with Crippen molar-refractivity contribution in [2.45, 2.75) is 172 Å². The summed E-state index contributed by atoms with van der Waals surface area (Å²) in [5.74, 6) is -2.00. The molecule has 14 atom stereocenters. The first-order valence-electron chi connectivity index (χ1n) is 22.2. The molecule has 14 unspecified atom stereocenters. The number of ether oxygens (including phenoxy) is 7. The summed E-state index contributed by atoms with van der Waals surface area (Å²) >= 11 is 0. The summed E-state index contributed by atoms with van der Waals surface area (Å²) in [5, 5.41) is 27.7. The minimum Gasteiger partial charge on any atom is -0.462 e. The Labute approximate surface area is 355 Å². The Morgan fingerprint density at radius 1 is 1.03 bits per heavy atom. The number of fused-ring (bicyclic) bond motifs is 2. The van der Waals surface area contributed by atoms with Crippen molar-refractivity contribution in [2.75, 3.05) is 27.8 Å². The average Bonchev–Trinajstić information content (AvgIpc) is 3.56. The lowest BCUT2D eigenvalue weighted by molar-refractivity contribution is -0.342. The summed E-state index contributed by atoms with van der Waals surface area (Å²) in [5.41, 5.74) is 0.270. The molecule has 2 aliphatic carbocycles. The van der Waals surface area contributed by atoms with Crippen molar-refractivity contribution in [3.63, 3.8) is 0 Å². The topological polar surface area (TPSA) is 164 Å². The van der Waals surface area contributed by atoms with E-state index in [4.69, 9.17) is 38.0 Å². The maximum Gasteiger partial charge on any atom is 0.435 e. The number of allylic oxidation sites excluding steroid dienone is 2. The molecule has 4 saturated heterocycles. The largest absolute Gasteiger partial charge is 0.462 e. The molecule has 7 rings (SSSR count). The Bertz CT molecular complexity index is 1720. The van der Waals surface area contributed by atoms with Crippen LogP contribution in [0.5, 0.6) is 0 Å². The summed E-state index contributed by atoms with van der Waals surface area (Å²) in [6.07, 6.45) is 13.3. The van der Waals surface area contributed by atoms with Crippen LogP contribution in [0.15, 0.2) is 52.3 Å². The number of hydrogen-bond donors (Lipinski definition) is 2. The summed E-state index contributed by atoms with van der Waals surface area (Å²) in [6, 6.07) is 0. The van der Waals surface area contributed by atoms with Crippen LogP contribution in [0.2, 0.25) is 0 Å². The van der Waals surface area contributed by atoms with E-state index >= 15 is 0 Å². The quantitative estimate of drug-likeness (QED) is 0.138. The molecule has 2 bridgehead atoms. The first-order valence-corrected chi connectivity index (χ1v) is 22.2. The van der Waals surface area contributed by atoms with Crippen molar-refractivity contribution >= 4 is 17.8 Å². The first kappa shape index (κ1) is 45.1. The van der Waals surface area contributed by atoms with E-state index in [1.807, 2.05) is 26.0 Å². The number of methoxy groups -OCH3 is 1. The minimum atomic E-state index is -1.90. The lowest BCUT2D eigenvalue weighted by atomic mass is 9.71. The van der Waals surface area contributed by atoms with E-state index in [9.17, 15) is 19.8 Å². The molecule has 1 amide bonds. The van der Waals surface area contributed by atoms with Gasteiger partial charge in [-0.2, -0.15) is 0 Å². The maximum absolute atomic E-state index is 14.6. The number of aliphatic hydroxyl groups is 2. The molecular weight excluding hydrogens is 773 g/mol. The average molecular weight is 841 g/mol. The van der Waals surface area contributed by atoms with Crippen LogP contribution < -0.4 is 0 Å². The molecule has 14 heteroatoms. The molecule has 0 aromatic carbocycles. The number of carbonyl (C=O) groups excluding carboxylic acids is 2. The Hall–Kier alpha value is -2.95. The van der Waals surface area contributed by atoms with Crippen molar-refractivity contribution in [3.8, 4) is 0 Å². The van der Waals surface area contributed by atoms with Crippen molar-refractivity contribution in [1.29, 1.82) is 0 Å². The Kier molecular flexibility index (Phi) is 14.1. The van der Waals surface area contributed by atoms with Gasteiger partial charge >= 0.3 is 12.1 Å². The van der Waals surface area contributed by atoms with Gasteiger partial charge in [0.15, 0.2) is 12.1 Å². The van der Waals surface area contributed by atoms with Crippen LogP contribution in [0.4, 0.5) is 4.79 Å². The van der Waals surface area contributed by atoms with Crippen LogP contribution in [0.1, 0.15) is 105 Å². The molecule has 5 aliphatic heterocycles. The molecule has 5 heterocycles. The molecule has 334 valence electrons. The van der Waals surface area contributed by atoms with E-state index in [1.165, 1.54) is 24.2 Å². The van der Waals surface area contributed by atoms with Crippen LogP contribution in [-0.4, -0.2) is 127 Å². The second-order valence-electron chi connectivity index (χ2n) is 18.7. The third-order valence-corrected chi connectivity index (χ3v) is 14.0. The van der Waals surface area contributed by atoms with Gasteiger partial charge in [-0.1, -0.05) is 68.6 Å². The highest BCUT2D eigenvalue weighted by Gasteiger charge is 2.60. The van der Waals surface area contributed by atoms with Crippen LogP contribution in [0, 0.1) is 23.7 Å². The van der Waals surface area contributed by atoms with Gasteiger partial charge in [0.1, 0.15) is 35.5 Å². The third kappa shape index (κ3) is 9.36. The highest BCUT2D eigenvalue weighted by atomic mass is 16.7. The van der Waals surface area contributed by atoms with Gasteiger partial charge in [0.05, 0.1) is 37.1 Å². The number of nitrogens with zero attached hydrogens (tertiary/aromatic N) is 2. The lowest BCUT2D eigenvalue weighted by Gasteiger charge is -2.51. The molecule has 1 saturated carbocycles. The van der Waals surface area contributed by atoms with Crippen molar-refractivity contribution in [1.82, 2.24) is 4.90 Å². The molecule has 5 fully saturated rings. The molecule has 1 spiro atoms.